The lowest BCUT2D eigenvalue weighted by molar-refractivity contribution is -0.185. The minimum Gasteiger partial charge on any atom is -0.351 e. The summed E-state index contributed by atoms with van der Waals surface area (Å²) in [6.45, 7) is 3.99. The molecule has 0 bridgehead atoms. The molecule has 2 aliphatic heterocycles. The van der Waals surface area contributed by atoms with Crippen LogP contribution in [-0.4, -0.2) is 54.4 Å². The number of hydrogen-bond donors (Lipinski definition) is 1. The highest BCUT2D eigenvalue weighted by Gasteiger charge is 2.39. The lowest BCUT2D eigenvalue weighted by atomic mass is 10.0. The highest BCUT2D eigenvalue weighted by Crippen LogP contribution is 2.30. The molecular weight excluding hydrogens is 270 g/mol. The molecule has 2 saturated heterocycles. The van der Waals surface area contributed by atoms with Crippen LogP contribution < -0.4 is 5.32 Å². The van der Waals surface area contributed by atoms with Crippen LogP contribution in [-0.2, 0) is 20.8 Å². The second-order valence-corrected chi connectivity index (χ2v) is 5.52. The van der Waals surface area contributed by atoms with Gasteiger partial charge >= 0.3 is 0 Å². The molecule has 0 aromatic carbocycles. The summed E-state index contributed by atoms with van der Waals surface area (Å²) in [5, 5.41) is 2.92. The van der Waals surface area contributed by atoms with E-state index in [9.17, 15) is 4.79 Å². The summed E-state index contributed by atoms with van der Waals surface area (Å²) in [4.78, 5) is 18.1. The highest BCUT2D eigenvalue weighted by molar-refractivity contribution is 5.78. The zero-order valence-corrected chi connectivity index (χ0v) is 12.1. The van der Waals surface area contributed by atoms with E-state index in [0.29, 0.717) is 26.3 Å². The van der Waals surface area contributed by atoms with Crippen molar-refractivity contribution in [3.05, 3.63) is 30.1 Å². The number of nitrogens with one attached hydrogen (secondary N) is 1. The lowest BCUT2D eigenvalue weighted by Gasteiger charge is -2.37. The first kappa shape index (κ1) is 14.4. The van der Waals surface area contributed by atoms with Crippen molar-refractivity contribution in [1.29, 1.82) is 0 Å². The molecule has 1 aromatic heterocycles. The summed E-state index contributed by atoms with van der Waals surface area (Å²) in [5.74, 6) is -0.328. The van der Waals surface area contributed by atoms with Crippen LogP contribution in [0.25, 0.3) is 0 Å². The van der Waals surface area contributed by atoms with Gasteiger partial charge in [0.2, 0.25) is 5.91 Å². The predicted molar refractivity (Wildman–Crippen MR) is 76.4 cm³/mol. The van der Waals surface area contributed by atoms with Crippen LogP contribution >= 0.6 is 0 Å². The molecule has 0 aliphatic carbocycles. The maximum Gasteiger partial charge on any atom is 0.234 e. The quantitative estimate of drug-likeness (QED) is 0.877. The summed E-state index contributed by atoms with van der Waals surface area (Å²) in [6, 6.07) is 3.82. The molecule has 114 valence electrons. The third-order valence-electron chi connectivity index (χ3n) is 4.01. The standard InChI is InChI=1S/C15H21N3O3/c19-14(17-11-13-2-1-5-16-10-13)12-18-6-3-15(4-7-18)20-8-9-21-15/h1-2,5,10H,3-4,6-9,11-12H2,(H,17,19). The van der Waals surface area contributed by atoms with Gasteiger partial charge in [-0.3, -0.25) is 14.7 Å². The van der Waals surface area contributed by atoms with Crippen molar-refractivity contribution in [2.75, 3.05) is 32.8 Å². The lowest BCUT2D eigenvalue weighted by Crippen LogP contribution is -2.48. The summed E-state index contributed by atoms with van der Waals surface area (Å²) in [7, 11) is 0. The van der Waals surface area contributed by atoms with Gasteiger partial charge in [0.05, 0.1) is 19.8 Å². The van der Waals surface area contributed by atoms with E-state index in [4.69, 9.17) is 9.47 Å². The number of aromatic nitrogens is 1. The van der Waals surface area contributed by atoms with E-state index in [0.717, 1.165) is 31.5 Å². The maximum absolute atomic E-state index is 12.0. The fourth-order valence-electron chi connectivity index (χ4n) is 2.80. The third-order valence-corrected chi connectivity index (χ3v) is 4.01. The van der Waals surface area contributed by atoms with Gasteiger partial charge in [-0.15, -0.1) is 0 Å². The molecule has 6 heteroatoms. The molecule has 0 atom stereocenters. The van der Waals surface area contributed by atoms with E-state index in [2.05, 4.69) is 15.2 Å². The van der Waals surface area contributed by atoms with Crippen molar-refractivity contribution in [3.8, 4) is 0 Å². The van der Waals surface area contributed by atoms with E-state index in [1.54, 1.807) is 12.4 Å². The average molecular weight is 291 g/mol. The number of nitrogens with zero attached hydrogens (tertiary/aromatic N) is 2. The van der Waals surface area contributed by atoms with Crippen molar-refractivity contribution in [2.24, 2.45) is 0 Å². The Balaban J connectivity index is 1.40. The zero-order chi connectivity index (χ0) is 14.5. The van der Waals surface area contributed by atoms with E-state index in [1.165, 1.54) is 0 Å². The smallest absolute Gasteiger partial charge is 0.234 e. The fourth-order valence-corrected chi connectivity index (χ4v) is 2.80. The normalized spacial score (nSPS) is 21.5. The van der Waals surface area contributed by atoms with Gasteiger partial charge in [-0.25, -0.2) is 0 Å². The number of piperidine rings is 1. The Morgan fingerprint density at radius 2 is 2.10 bits per heavy atom. The molecule has 1 N–H and O–H groups in total. The summed E-state index contributed by atoms with van der Waals surface area (Å²) >= 11 is 0. The van der Waals surface area contributed by atoms with Crippen LogP contribution in [0.15, 0.2) is 24.5 Å². The van der Waals surface area contributed by atoms with Gasteiger partial charge < -0.3 is 14.8 Å². The topological polar surface area (TPSA) is 63.7 Å². The Morgan fingerprint density at radius 1 is 1.33 bits per heavy atom. The molecule has 0 radical (unpaired) electrons. The second kappa shape index (κ2) is 6.51. The molecule has 1 spiro atoms. The van der Waals surface area contributed by atoms with Crippen LogP contribution in [0.3, 0.4) is 0 Å². The van der Waals surface area contributed by atoms with Crippen LogP contribution in [0.1, 0.15) is 18.4 Å². The molecule has 0 saturated carbocycles. The SMILES string of the molecule is O=C(CN1CCC2(CC1)OCCO2)NCc1cccnc1. The Labute approximate surface area is 124 Å². The number of amides is 1. The van der Waals surface area contributed by atoms with Crippen molar-refractivity contribution >= 4 is 5.91 Å². The van der Waals surface area contributed by atoms with Crippen molar-refractivity contribution in [2.45, 2.75) is 25.2 Å². The number of pyridine rings is 1. The third kappa shape index (κ3) is 3.78. The van der Waals surface area contributed by atoms with Crippen LogP contribution in [0.2, 0.25) is 0 Å². The number of ether oxygens (including phenoxy) is 2. The molecule has 1 aromatic rings. The van der Waals surface area contributed by atoms with Gasteiger partial charge in [0.15, 0.2) is 5.79 Å². The van der Waals surface area contributed by atoms with E-state index in [-0.39, 0.29) is 11.7 Å². The molecule has 1 amide bonds. The molecule has 3 rings (SSSR count). The van der Waals surface area contributed by atoms with Crippen molar-refractivity contribution in [3.63, 3.8) is 0 Å². The molecule has 2 fully saturated rings. The molecule has 0 unspecified atom stereocenters. The zero-order valence-electron chi connectivity index (χ0n) is 12.1. The maximum atomic E-state index is 12.0. The molecule has 6 nitrogen and oxygen atoms in total. The minimum absolute atomic E-state index is 0.0445. The first-order chi connectivity index (χ1) is 10.3. The Bertz CT molecular complexity index is 464. The van der Waals surface area contributed by atoms with Crippen LogP contribution in [0.4, 0.5) is 0 Å². The minimum atomic E-state index is -0.372. The fraction of sp³-hybridized carbons (Fsp3) is 0.600. The van der Waals surface area contributed by atoms with Gasteiger partial charge in [-0.2, -0.15) is 0 Å². The Hall–Kier alpha value is -1.50. The van der Waals surface area contributed by atoms with Crippen molar-refractivity contribution < 1.29 is 14.3 Å². The molecular formula is C15H21N3O3. The Kier molecular flexibility index (Phi) is 4.48. The number of carbonyl (C=O) groups excluding carboxylic acids is 1. The van der Waals surface area contributed by atoms with Gasteiger partial charge in [-0.05, 0) is 11.6 Å². The van der Waals surface area contributed by atoms with Gasteiger partial charge in [-0.1, -0.05) is 6.07 Å². The number of carbonyl (C=O) groups is 1. The number of rotatable bonds is 4. The van der Waals surface area contributed by atoms with Crippen LogP contribution in [0.5, 0.6) is 0 Å². The number of hydrogen-bond acceptors (Lipinski definition) is 5. The summed E-state index contributed by atoms with van der Waals surface area (Å²) in [5.41, 5.74) is 1.01. The molecule has 2 aliphatic rings. The highest BCUT2D eigenvalue weighted by atomic mass is 16.7. The molecule has 21 heavy (non-hydrogen) atoms. The van der Waals surface area contributed by atoms with Gasteiger partial charge in [0.25, 0.3) is 0 Å². The van der Waals surface area contributed by atoms with Crippen molar-refractivity contribution in [1.82, 2.24) is 15.2 Å². The monoisotopic (exact) mass is 291 g/mol. The van der Waals surface area contributed by atoms with E-state index < -0.39 is 0 Å². The average Bonchev–Trinajstić information content (AvgIpc) is 2.97. The summed E-state index contributed by atoms with van der Waals surface area (Å²) < 4.78 is 11.4. The van der Waals surface area contributed by atoms with Crippen LogP contribution in [0, 0.1) is 0 Å². The second-order valence-electron chi connectivity index (χ2n) is 5.52. The van der Waals surface area contributed by atoms with E-state index >= 15 is 0 Å². The number of likely N-dealkylation sites (tertiary alicyclic amines) is 1. The van der Waals surface area contributed by atoms with Gasteiger partial charge in [0, 0.05) is 44.9 Å². The summed E-state index contributed by atoms with van der Waals surface area (Å²) in [6.07, 6.45) is 5.16. The largest absolute Gasteiger partial charge is 0.351 e. The first-order valence-corrected chi connectivity index (χ1v) is 7.42. The van der Waals surface area contributed by atoms with E-state index in [1.807, 2.05) is 12.1 Å². The first-order valence-electron chi connectivity index (χ1n) is 7.42. The predicted octanol–water partition coefficient (Wildman–Crippen LogP) is 0.537. The molecule has 3 heterocycles. The van der Waals surface area contributed by atoms with Gasteiger partial charge in [0.1, 0.15) is 0 Å². The Morgan fingerprint density at radius 3 is 2.76 bits per heavy atom.